The number of ether oxygens (including phenoxy) is 2. The Hall–Kier alpha value is -2.80. The van der Waals surface area contributed by atoms with Crippen molar-refractivity contribution in [2.45, 2.75) is 4.90 Å². The quantitative estimate of drug-likeness (QED) is 0.665. The Kier molecular flexibility index (Phi) is 4.02. The molecule has 0 aliphatic rings. The first kappa shape index (κ1) is 16.1. The maximum absolute atomic E-state index is 13.0. The van der Waals surface area contributed by atoms with Crippen molar-refractivity contribution in [3.05, 3.63) is 54.2 Å². The Balaban J connectivity index is 2.24. The van der Waals surface area contributed by atoms with Crippen LogP contribution in [0.3, 0.4) is 0 Å². The van der Waals surface area contributed by atoms with Gasteiger partial charge in [0.05, 0.1) is 24.6 Å². The highest BCUT2D eigenvalue weighted by Gasteiger charge is 2.22. The second kappa shape index (κ2) is 6.01. The van der Waals surface area contributed by atoms with Crippen LogP contribution in [0.15, 0.2) is 53.6 Å². The number of carbonyl (C=O) groups excluding carboxylic acids is 1. The fourth-order valence-electron chi connectivity index (χ4n) is 2.56. The summed E-state index contributed by atoms with van der Waals surface area (Å²) in [5.41, 5.74) is 0.754. The molecular weight excluding hydrogens is 330 g/mol. The smallest absolute Gasteiger partial charge is 0.268 e. The third-order valence-corrected chi connectivity index (χ3v) is 5.42. The maximum atomic E-state index is 13.0. The fourth-order valence-corrected chi connectivity index (χ4v) is 3.95. The lowest BCUT2D eigenvalue weighted by Gasteiger charge is -2.11. The lowest BCUT2D eigenvalue weighted by Crippen LogP contribution is -2.12. The third kappa shape index (κ3) is 2.43. The number of methoxy groups -OCH3 is 2. The Labute approximate surface area is 139 Å². The standard InChI is InChI=1S/C17H15NO5S/c1-22-16-8-7-13(9-17(16)23-2)24(20,21)18-10-12(11-19)14-5-3-4-6-15(14)18/h3-11H,1-2H3. The Morgan fingerprint density at radius 1 is 1.00 bits per heavy atom. The summed E-state index contributed by atoms with van der Waals surface area (Å²) in [5.74, 6) is 0.744. The minimum absolute atomic E-state index is 0.0401. The van der Waals surface area contributed by atoms with Gasteiger partial charge in [-0.2, -0.15) is 0 Å². The number of carbonyl (C=O) groups is 1. The van der Waals surface area contributed by atoms with E-state index in [1.807, 2.05) is 0 Å². The number of fused-ring (bicyclic) bond motifs is 1. The number of aldehydes is 1. The van der Waals surface area contributed by atoms with E-state index in [-0.39, 0.29) is 4.90 Å². The fraction of sp³-hybridized carbons (Fsp3) is 0.118. The van der Waals surface area contributed by atoms with Crippen LogP contribution in [0.5, 0.6) is 11.5 Å². The highest BCUT2D eigenvalue weighted by Crippen LogP contribution is 2.32. The Morgan fingerprint density at radius 2 is 1.71 bits per heavy atom. The van der Waals surface area contributed by atoms with Crippen molar-refractivity contribution in [2.24, 2.45) is 0 Å². The van der Waals surface area contributed by atoms with E-state index in [9.17, 15) is 13.2 Å². The van der Waals surface area contributed by atoms with Crippen LogP contribution in [0.4, 0.5) is 0 Å². The number of hydrogen-bond acceptors (Lipinski definition) is 5. The molecule has 3 aromatic rings. The monoisotopic (exact) mass is 345 g/mol. The van der Waals surface area contributed by atoms with Crippen LogP contribution in [-0.4, -0.2) is 32.9 Å². The molecule has 0 atom stereocenters. The van der Waals surface area contributed by atoms with Gasteiger partial charge in [-0.05, 0) is 18.2 Å². The minimum Gasteiger partial charge on any atom is -0.493 e. The molecule has 1 aromatic heterocycles. The maximum Gasteiger partial charge on any atom is 0.268 e. The van der Waals surface area contributed by atoms with Crippen LogP contribution < -0.4 is 9.47 Å². The highest BCUT2D eigenvalue weighted by molar-refractivity contribution is 7.90. The minimum atomic E-state index is -3.89. The molecule has 0 saturated heterocycles. The molecule has 0 aliphatic carbocycles. The second-order valence-electron chi connectivity index (χ2n) is 5.04. The molecule has 0 amide bonds. The molecule has 0 bridgehead atoms. The molecule has 2 aromatic carbocycles. The van der Waals surface area contributed by atoms with Crippen molar-refractivity contribution in [3.8, 4) is 11.5 Å². The van der Waals surface area contributed by atoms with Crippen LogP contribution in [0.25, 0.3) is 10.9 Å². The van der Waals surface area contributed by atoms with Crippen molar-refractivity contribution < 1.29 is 22.7 Å². The molecule has 0 N–H and O–H groups in total. The van der Waals surface area contributed by atoms with Gasteiger partial charge < -0.3 is 9.47 Å². The molecule has 0 spiro atoms. The van der Waals surface area contributed by atoms with Crippen molar-refractivity contribution >= 4 is 27.2 Å². The van der Waals surface area contributed by atoms with Crippen molar-refractivity contribution in [3.63, 3.8) is 0 Å². The van der Waals surface area contributed by atoms with E-state index in [0.717, 1.165) is 3.97 Å². The Morgan fingerprint density at radius 3 is 2.38 bits per heavy atom. The van der Waals surface area contributed by atoms with Crippen molar-refractivity contribution in [1.82, 2.24) is 3.97 Å². The number of rotatable bonds is 5. The number of para-hydroxylation sites is 1. The molecule has 0 fully saturated rings. The molecule has 3 rings (SSSR count). The lowest BCUT2D eigenvalue weighted by molar-refractivity contribution is 0.112. The molecular formula is C17H15NO5S. The van der Waals surface area contributed by atoms with Crippen LogP contribution in [0.1, 0.15) is 10.4 Å². The molecule has 1 heterocycles. The van der Waals surface area contributed by atoms with Crippen LogP contribution in [-0.2, 0) is 10.0 Å². The summed E-state index contributed by atoms with van der Waals surface area (Å²) < 4.78 is 37.4. The highest BCUT2D eigenvalue weighted by atomic mass is 32.2. The first-order valence-corrected chi connectivity index (χ1v) is 8.50. The molecule has 0 saturated carbocycles. The van der Waals surface area contributed by atoms with Gasteiger partial charge in [0.25, 0.3) is 10.0 Å². The lowest BCUT2D eigenvalue weighted by atomic mass is 10.2. The number of nitrogens with zero attached hydrogens (tertiary/aromatic N) is 1. The summed E-state index contributed by atoms with van der Waals surface area (Å²) >= 11 is 0. The number of aromatic nitrogens is 1. The van der Waals surface area contributed by atoms with Gasteiger partial charge in [0.15, 0.2) is 17.8 Å². The number of benzene rings is 2. The number of hydrogen-bond donors (Lipinski definition) is 0. The Bertz CT molecular complexity index is 1020. The zero-order valence-electron chi connectivity index (χ0n) is 13.1. The van der Waals surface area contributed by atoms with E-state index in [1.165, 1.54) is 38.6 Å². The van der Waals surface area contributed by atoms with Gasteiger partial charge >= 0.3 is 0 Å². The molecule has 0 aliphatic heterocycles. The van der Waals surface area contributed by atoms with Gasteiger partial charge in [-0.3, -0.25) is 4.79 Å². The average molecular weight is 345 g/mol. The van der Waals surface area contributed by atoms with E-state index in [2.05, 4.69) is 0 Å². The summed E-state index contributed by atoms with van der Waals surface area (Å²) in [7, 11) is -0.982. The van der Waals surface area contributed by atoms with E-state index in [4.69, 9.17) is 9.47 Å². The van der Waals surface area contributed by atoms with Crippen molar-refractivity contribution in [2.75, 3.05) is 14.2 Å². The van der Waals surface area contributed by atoms with Gasteiger partial charge in [-0.1, -0.05) is 18.2 Å². The van der Waals surface area contributed by atoms with Gasteiger partial charge in [-0.25, -0.2) is 12.4 Å². The zero-order valence-corrected chi connectivity index (χ0v) is 13.9. The normalized spacial score (nSPS) is 11.4. The summed E-state index contributed by atoms with van der Waals surface area (Å²) in [6.07, 6.45) is 1.96. The summed E-state index contributed by atoms with van der Waals surface area (Å²) in [6.45, 7) is 0. The van der Waals surface area contributed by atoms with E-state index in [1.54, 1.807) is 24.3 Å². The van der Waals surface area contributed by atoms with Crippen LogP contribution >= 0.6 is 0 Å². The molecule has 0 unspecified atom stereocenters. The molecule has 6 nitrogen and oxygen atoms in total. The van der Waals surface area contributed by atoms with Crippen molar-refractivity contribution in [1.29, 1.82) is 0 Å². The predicted molar refractivity (Wildman–Crippen MR) is 89.5 cm³/mol. The molecule has 7 heteroatoms. The van der Waals surface area contributed by atoms with E-state index in [0.29, 0.717) is 34.3 Å². The van der Waals surface area contributed by atoms with Crippen LogP contribution in [0.2, 0.25) is 0 Å². The SMILES string of the molecule is COc1ccc(S(=O)(=O)n2cc(C=O)c3ccccc32)cc1OC. The zero-order chi connectivity index (χ0) is 17.3. The topological polar surface area (TPSA) is 74.6 Å². The summed E-state index contributed by atoms with van der Waals surface area (Å²) in [6, 6.07) is 11.2. The van der Waals surface area contributed by atoms with E-state index >= 15 is 0 Å². The van der Waals surface area contributed by atoms with Gasteiger partial charge in [-0.15, -0.1) is 0 Å². The first-order chi connectivity index (χ1) is 11.5. The van der Waals surface area contributed by atoms with Gasteiger partial charge in [0, 0.05) is 23.2 Å². The average Bonchev–Trinajstić information content (AvgIpc) is 3.00. The molecule has 24 heavy (non-hydrogen) atoms. The second-order valence-corrected chi connectivity index (χ2v) is 6.85. The van der Waals surface area contributed by atoms with Gasteiger partial charge in [0.1, 0.15) is 0 Å². The predicted octanol–water partition coefficient (Wildman–Crippen LogP) is 2.71. The molecule has 124 valence electrons. The van der Waals surface area contributed by atoms with Crippen LogP contribution in [0, 0.1) is 0 Å². The largest absolute Gasteiger partial charge is 0.493 e. The molecule has 0 radical (unpaired) electrons. The summed E-state index contributed by atoms with van der Waals surface area (Å²) in [4.78, 5) is 11.3. The first-order valence-electron chi connectivity index (χ1n) is 7.06. The van der Waals surface area contributed by atoms with Gasteiger partial charge in [0.2, 0.25) is 0 Å². The summed E-state index contributed by atoms with van der Waals surface area (Å²) in [5, 5.41) is 0.580. The van der Waals surface area contributed by atoms with E-state index < -0.39 is 10.0 Å². The third-order valence-electron chi connectivity index (χ3n) is 3.75.